The summed E-state index contributed by atoms with van der Waals surface area (Å²) in [6.07, 6.45) is 1.91. The highest BCUT2D eigenvalue weighted by Crippen LogP contribution is 2.38. The number of hydrogen-bond acceptors (Lipinski definition) is 6. The smallest absolute Gasteiger partial charge is 0.248 e. The van der Waals surface area contributed by atoms with Crippen LogP contribution in [0, 0.1) is 0 Å². The third-order valence-electron chi connectivity index (χ3n) is 9.71. The minimum atomic E-state index is 0.0620. The molecule has 0 fully saturated rings. The van der Waals surface area contributed by atoms with Gasteiger partial charge in [0.25, 0.3) is 0 Å². The molecule has 0 saturated heterocycles. The Morgan fingerprint density at radius 1 is 0.547 bits per heavy atom. The van der Waals surface area contributed by atoms with Crippen LogP contribution in [-0.4, -0.2) is 27.0 Å². The summed E-state index contributed by atoms with van der Waals surface area (Å²) in [7, 11) is 0. The van der Waals surface area contributed by atoms with Crippen molar-refractivity contribution < 1.29 is 13.9 Å². The molecule has 0 radical (unpaired) electrons. The van der Waals surface area contributed by atoms with Crippen LogP contribution in [0.2, 0.25) is 0 Å². The van der Waals surface area contributed by atoms with Crippen molar-refractivity contribution in [1.82, 2.24) is 14.8 Å². The summed E-state index contributed by atoms with van der Waals surface area (Å²) in [4.78, 5) is 2.25. The first-order valence-corrected chi connectivity index (χ1v) is 18.4. The van der Waals surface area contributed by atoms with E-state index in [2.05, 4.69) is 157 Å². The number of hydrogen-bond donors (Lipinski definition) is 0. The van der Waals surface area contributed by atoms with Crippen molar-refractivity contribution in [3.8, 4) is 40.1 Å². The lowest BCUT2D eigenvalue weighted by atomic mass is 10.1. The molecule has 0 bridgehead atoms. The minimum Gasteiger partial charge on any atom is -0.491 e. The van der Waals surface area contributed by atoms with Crippen molar-refractivity contribution in [2.24, 2.45) is 0 Å². The van der Waals surface area contributed by atoms with Crippen molar-refractivity contribution >= 4 is 38.9 Å². The highest BCUT2D eigenvalue weighted by Gasteiger charge is 2.18. The lowest BCUT2D eigenvalue weighted by Crippen LogP contribution is -2.12. The van der Waals surface area contributed by atoms with Gasteiger partial charge in [-0.15, -0.1) is 10.2 Å². The van der Waals surface area contributed by atoms with Gasteiger partial charge < -0.3 is 23.4 Å². The van der Waals surface area contributed by atoms with E-state index in [1.54, 1.807) is 0 Å². The molecule has 7 nitrogen and oxygen atoms in total. The molecule has 0 aliphatic rings. The maximum Gasteiger partial charge on any atom is 0.248 e. The number of benzene rings is 6. The van der Waals surface area contributed by atoms with E-state index < -0.39 is 0 Å². The van der Waals surface area contributed by atoms with Crippen molar-refractivity contribution in [3.05, 3.63) is 146 Å². The average molecular weight is 699 g/mol. The van der Waals surface area contributed by atoms with E-state index in [1.807, 2.05) is 36.4 Å². The number of ether oxygens (including phenoxy) is 2. The van der Waals surface area contributed by atoms with Gasteiger partial charge in [-0.3, -0.25) is 0 Å². The number of fused-ring (bicyclic) bond motifs is 3. The lowest BCUT2D eigenvalue weighted by molar-refractivity contribution is 0.205. The summed E-state index contributed by atoms with van der Waals surface area (Å²) in [6.45, 7) is 8.31. The molecule has 0 spiro atoms. The summed E-state index contributed by atoms with van der Waals surface area (Å²) in [5.74, 6) is 2.26. The molecule has 6 aromatic carbocycles. The fraction of sp³-hybridized carbons (Fsp3) is 0.174. The molecule has 2 unspecified atom stereocenters. The van der Waals surface area contributed by atoms with E-state index in [1.165, 1.54) is 21.8 Å². The zero-order chi connectivity index (χ0) is 36.3. The number of aromatic nitrogens is 3. The van der Waals surface area contributed by atoms with E-state index in [9.17, 15) is 0 Å². The molecular weight excluding hydrogens is 657 g/mol. The lowest BCUT2D eigenvalue weighted by Gasteiger charge is -2.26. The Kier molecular flexibility index (Phi) is 9.38. The monoisotopic (exact) mass is 698 g/mol. The van der Waals surface area contributed by atoms with Gasteiger partial charge in [-0.2, -0.15) is 0 Å². The van der Waals surface area contributed by atoms with E-state index in [0.29, 0.717) is 23.3 Å². The summed E-state index contributed by atoms with van der Waals surface area (Å²) in [5, 5.41) is 11.3. The van der Waals surface area contributed by atoms with Crippen LogP contribution in [0.5, 0.6) is 11.5 Å². The number of nitrogens with zero attached hydrogens (tertiary/aromatic N) is 4. The van der Waals surface area contributed by atoms with Crippen molar-refractivity contribution in [2.45, 2.75) is 52.7 Å². The fourth-order valence-corrected chi connectivity index (χ4v) is 6.65. The normalized spacial score (nSPS) is 12.5. The van der Waals surface area contributed by atoms with Crippen LogP contribution in [0.15, 0.2) is 150 Å². The van der Waals surface area contributed by atoms with E-state index in [4.69, 9.17) is 13.9 Å². The zero-order valence-electron chi connectivity index (χ0n) is 30.4. The summed E-state index contributed by atoms with van der Waals surface area (Å²) in [5.41, 5.74) is 8.16. The third kappa shape index (κ3) is 6.86. The van der Waals surface area contributed by atoms with E-state index >= 15 is 0 Å². The van der Waals surface area contributed by atoms with Gasteiger partial charge in [0, 0.05) is 50.7 Å². The molecule has 0 amide bonds. The van der Waals surface area contributed by atoms with Gasteiger partial charge in [-0.25, -0.2) is 0 Å². The number of para-hydroxylation sites is 3. The van der Waals surface area contributed by atoms with Crippen LogP contribution < -0.4 is 14.4 Å². The Morgan fingerprint density at radius 2 is 1.02 bits per heavy atom. The molecule has 264 valence electrons. The van der Waals surface area contributed by atoms with Crippen LogP contribution >= 0.6 is 0 Å². The largest absolute Gasteiger partial charge is 0.491 e. The zero-order valence-corrected chi connectivity index (χ0v) is 30.4. The van der Waals surface area contributed by atoms with Crippen LogP contribution in [0.1, 0.15) is 40.5 Å². The Bertz CT molecular complexity index is 2380. The number of anilines is 3. The molecule has 2 aromatic heterocycles. The van der Waals surface area contributed by atoms with Gasteiger partial charge in [0.05, 0.1) is 23.2 Å². The van der Waals surface area contributed by atoms with Crippen molar-refractivity contribution in [3.63, 3.8) is 0 Å². The molecule has 0 saturated carbocycles. The number of rotatable bonds is 12. The SMILES string of the molecule is CCC(C)Oc1cc(OC(C)CC)cc(-c2nnc(-c3ccc(N(c4ccccc4)c4ccc(-n5c6ccccc6c6ccccc65)cc4)cc3)o2)c1. The van der Waals surface area contributed by atoms with E-state index in [0.717, 1.165) is 46.7 Å². The topological polar surface area (TPSA) is 65.6 Å². The van der Waals surface area contributed by atoms with E-state index in [-0.39, 0.29) is 12.2 Å². The minimum absolute atomic E-state index is 0.0620. The molecule has 8 aromatic rings. The Labute approximate surface area is 310 Å². The van der Waals surface area contributed by atoms with Gasteiger partial charge >= 0.3 is 0 Å². The summed E-state index contributed by atoms with van der Waals surface area (Å²) in [6, 6.07) is 50.3. The van der Waals surface area contributed by atoms with Crippen molar-refractivity contribution in [2.75, 3.05) is 4.90 Å². The predicted molar refractivity (Wildman–Crippen MR) is 215 cm³/mol. The molecular formula is C46H42N4O3. The molecule has 0 N–H and O–H groups in total. The van der Waals surface area contributed by atoms with Gasteiger partial charge in [0.15, 0.2) is 0 Å². The maximum atomic E-state index is 6.26. The second-order valence-electron chi connectivity index (χ2n) is 13.4. The Balaban J connectivity index is 1.10. The first-order valence-electron chi connectivity index (χ1n) is 18.4. The molecule has 0 aliphatic heterocycles. The standard InChI is InChI=1S/C46H42N4O3/c1-5-31(3)51-39-28-34(29-40(30-39)52-32(4)6-2)46-48-47-45(53-46)33-20-22-36(23-21-33)49(35-14-8-7-9-15-35)37-24-26-38(27-25-37)50-43-18-12-10-16-41(43)42-17-11-13-19-44(42)50/h7-32H,5-6H2,1-4H3. The maximum absolute atomic E-state index is 6.26. The molecule has 0 aliphatic carbocycles. The predicted octanol–water partition coefficient (Wildman–Crippen LogP) is 12.3. The van der Waals surface area contributed by atoms with Crippen molar-refractivity contribution in [1.29, 1.82) is 0 Å². The first-order chi connectivity index (χ1) is 26.0. The van der Waals surface area contributed by atoms with Gasteiger partial charge in [0.2, 0.25) is 11.8 Å². The van der Waals surface area contributed by atoms with Crippen LogP contribution in [0.25, 0.3) is 50.4 Å². The summed E-state index contributed by atoms with van der Waals surface area (Å²) >= 11 is 0. The molecule has 53 heavy (non-hydrogen) atoms. The second kappa shape index (κ2) is 14.7. The molecule has 2 heterocycles. The first kappa shape index (κ1) is 33.8. The van der Waals surface area contributed by atoms with Gasteiger partial charge in [-0.05, 0) is 112 Å². The highest BCUT2D eigenvalue weighted by atomic mass is 16.5. The van der Waals surface area contributed by atoms with Gasteiger partial charge in [-0.1, -0.05) is 68.4 Å². The third-order valence-corrected chi connectivity index (χ3v) is 9.71. The average Bonchev–Trinajstić information content (AvgIpc) is 3.83. The molecule has 7 heteroatoms. The molecule has 2 atom stereocenters. The highest BCUT2D eigenvalue weighted by molar-refractivity contribution is 6.09. The molecule has 8 rings (SSSR count). The quantitative estimate of drug-likeness (QED) is 0.127. The van der Waals surface area contributed by atoms with Crippen LogP contribution in [0.3, 0.4) is 0 Å². The Morgan fingerprint density at radius 3 is 1.57 bits per heavy atom. The Hall–Kier alpha value is -6.34. The second-order valence-corrected chi connectivity index (χ2v) is 13.4. The van der Waals surface area contributed by atoms with Crippen LogP contribution in [0.4, 0.5) is 17.1 Å². The van der Waals surface area contributed by atoms with Crippen LogP contribution in [-0.2, 0) is 0 Å². The summed E-state index contributed by atoms with van der Waals surface area (Å²) < 4.78 is 20.9. The fourth-order valence-electron chi connectivity index (χ4n) is 6.65. The van der Waals surface area contributed by atoms with Gasteiger partial charge in [0.1, 0.15) is 11.5 Å².